The van der Waals surface area contributed by atoms with Gasteiger partial charge < -0.3 is 9.47 Å². The van der Waals surface area contributed by atoms with Crippen LogP contribution in [-0.4, -0.2) is 48.7 Å². The van der Waals surface area contributed by atoms with Crippen LogP contribution in [0.2, 0.25) is 5.15 Å². The number of anilines is 1. The molecule has 0 saturated carbocycles. The number of nitrogens with one attached hydrogen (secondary N) is 2. The number of imide groups is 1. The largest absolute Gasteiger partial charge is 0.444 e. The van der Waals surface area contributed by atoms with Crippen LogP contribution in [0.5, 0.6) is 0 Å². The minimum absolute atomic E-state index is 0.0352. The molecule has 196 valence electrons. The predicted molar refractivity (Wildman–Crippen MR) is 126 cm³/mol. The molecule has 3 rings (SSSR count). The molecule has 0 unspecified atom stereocenters. The predicted octanol–water partition coefficient (Wildman–Crippen LogP) is 4.18. The van der Waals surface area contributed by atoms with Crippen LogP contribution in [0.1, 0.15) is 49.9 Å². The van der Waals surface area contributed by atoms with Gasteiger partial charge in [-0.1, -0.05) is 16.8 Å². The van der Waals surface area contributed by atoms with Gasteiger partial charge in [0.15, 0.2) is 10.8 Å². The first-order valence-corrected chi connectivity index (χ1v) is 11.0. The fourth-order valence-corrected chi connectivity index (χ4v) is 3.19. The maximum absolute atomic E-state index is 13.8. The highest BCUT2D eigenvalue weighted by atomic mass is 35.5. The number of halogens is 3. The van der Waals surface area contributed by atoms with Crippen molar-refractivity contribution in [3.63, 3.8) is 0 Å². The molecule has 37 heavy (non-hydrogen) atoms. The number of rotatable bonds is 5. The van der Waals surface area contributed by atoms with Crippen molar-refractivity contribution in [2.45, 2.75) is 39.4 Å². The second kappa shape index (κ2) is 10.8. The van der Waals surface area contributed by atoms with Crippen LogP contribution in [0.25, 0.3) is 11.4 Å². The first-order chi connectivity index (χ1) is 17.2. The van der Waals surface area contributed by atoms with E-state index in [0.717, 1.165) is 10.7 Å². The highest BCUT2D eigenvalue weighted by Gasteiger charge is 2.26. The molecule has 0 fully saturated rings. The Morgan fingerprint density at radius 1 is 1.16 bits per heavy atom. The molecule has 0 aliphatic rings. The molecule has 0 saturated heterocycles. The van der Waals surface area contributed by atoms with E-state index < -0.39 is 41.6 Å². The fraction of sp³-hybridized carbons (Fsp3) is 0.318. The molecule has 0 radical (unpaired) electrons. The number of alkyl carbamates (subject to hydrolysis) is 1. The van der Waals surface area contributed by atoms with E-state index in [4.69, 9.17) is 21.1 Å². The molecule has 0 aromatic carbocycles. The van der Waals surface area contributed by atoms with Gasteiger partial charge in [-0.15, -0.1) is 5.10 Å². The lowest BCUT2D eigenvalue weighted by Crippen LogP contribution is -2.33. The Hall–Kier alpha value is -4.20. The van der Waals surface area contributed by atoms with Crippen LogP contribution < -0.4 is 10.6 Å². The number of pyridine rings is 2. The van der Waals surface area contributed by atoms with Crippen LogP contribution in [-0.2, 0) is 16.5 Å². The van der Waals surface area contributed by atoms with Gasteiger partial charge in [-0.2, -0.15) is 4.39 Å². The van der Waals surface area contributed by atoms with Gasteiger partial charge in [0.25, 0.3) is 5.91 Å². The van der Waals surface area contributed by atoms with Gasteiger partial charge in [0.2, 0.25) is 5.95 Å². The summed E-state index contributed by atoms with van der Waals surface area (Å²) in [5.74, 6) is -2.82. The van der Waals surface area contributed by atoms with E-state index in [9.17, 15) is 23.2 Å². The fourth-order valence-electron chi connectivity index (χ4n) is 2.99. The Labute approximate surface area is 214 Å². The summed E-state index contributed by atoms with van der Waals surface area (Å²) in [5, 5.41) is 12.0. The number of hydrogen-bond donors (Lipinski definition) is 2. The highest BCUT2D eigenvalue weighted by molar-refractivity contribution is 6.32. The first kappa shape index (κ1) is 27.4. The number of nitrogens with zero attached hydrogens (tertiary/aromatic N) is 5. The minimum atomic E-state index is -1.26. The Kier molecular flexibility index (Phi) is 8.01. The molecular weight excluding hydrogens is 516 g/mol. The zero-order valence-electron chi connectivity index (χ0n) is 20.3. The number of aromatic nitrogens is 5. The molecule has 1 atom stereocenters. The summed E-state index contributed by atoms with van der Waals surface area (Å²) >= 11 is 6.18. The van der Waals surface area contributed by atoms with Crippen molar-refractivity contribution in [2.75, 3.05) is 5.32 Å². The zero-order chi connectivity index (χ0) is 27.5. The summed E-state index contributed by atoms with van der Waals surface area (Å²) in [6, 6.07) is 3.66. The molecule has 0 aliphatic heterocycles. The Morgan fingerprint density at radius 2 is 1.86 bits per heavy atom. The molecule has 0 bridgehead atoms. The number of carbonyl (C=O) groups excluding carboxylic acids is 3. The lowest BCUT2D eigenvalue weighted by molar-refractivity contribution is 0.0635. The number of amides is 3. The van der Waals surface area contributed by atoms with Crippen LogP contribution in [0.15, 0.2) is 24.4 Å². The average molecular weight is 538 g/mol. The maximum atomic E-state index is 13.8. The van der Waals surface area contributed by atoms with Crippen molar-refractivity contribution in [3.05, 3.63) is 52.6 Å². The van der Waals surface area contributed by atoms with Crippen molar-refractivity contribution in [3.8, 4) is 11.4 Å². The van der Waals surface area contributed by atoms with Crippen LogP contribution in [0, 0.1) is 11.8 Å². The maximum Gasteiger partial charge on any atom is 0.414 e. The van der Waals surface area contributed by atoms with Crippen molar-refractivity contribution < 1.29 is 32.6 Å². The molecular formula is C22H22ClF2N7O5. The van der Waals surface area contributed by atoms with Gasteiger partial charge >= 0.3 is 12.2 Å². The van der Waals surface area contributed by atoms with Gasteiger partial charge in [-0.05, 0) is 45.9 Å². The van der Waals surface area contributed by atoms with E-state index in [1.165, 1.54) is 26.1 Å². The third kappa shape index (κ3) is 6.94. The Bertz CT molecular complexity index is 1360. The van der Waals surface area contributed by atoms with E-state index in [1.54, 1.807) is 20.8 Å². The van der Waals surface area contributed by atoms with Crippen LogP contribution in [0.4, 0.5) is 24.1 Å². The van der Waals surface area contributed by atoms with Crippen molar-refractivity contribution in [1.82, 2.24) is 30.3 Å². The van der Waals surface area contributed by atoms with Crippen molar-refractivity contribution in [2.24, 2.45) is 7.05 Å². The van der Waals surface area contributed by atoms with Gasteiger partial charge in [0.05, 0.1) is 23.1 Å². The second-order valence-electron chi connectivity index (χ2n) is 8.61. The normalized spacial score (nSPS) is 12.0. The van der Waals surface area contributed by atoms with E-state index >= 15 is 0 Å². The molecule has 3 aromatic rings. The molecule has 15 heteroatoms. The van der Waals surface area contributed by atoms with Gasteiger partial charge in [-0.25, -0.2) is 28.6 Å². The third-order valence-electron chi connectivity index (χ3n) is 4.54. The summed E-state index contributed by atoms with van der Waals surface area (Å²) in [7, 11) is 1.40. The smallest absolute Gasteiger partial charge is 0.414 e. The number of hydrogen-bond acceptors (Lipinski definition) is 9. The molecule has 12 nitrogen and oxygen atoms in total. The number of ether oxygens (including phenoxy) is 2. The standard InChI is InChI=1S/C22H22ClF2N7O5/c1-10(12-8-11(24)9-26-18(12)25)36-20(34)29-19(33)16-15(30-31-32(16)5)13-6-7-14(17(23)27-13)28-21(35)37-22(2,3)4/h6-10H,1-5H3,(H,28,35)(H,29,33,34)/t10-/m1/s1. The van der Waals surface area contributed by atoms with Gasteiger partial charge in [0, 0.05) is 7.05 Å². The number of carbonyl (C=O) groups is 3. The van der Waals surface area contributed by atoms with E-state index in [1.807, 2.05) is 5.32 Å². The van der Waals surface area contributed by atoms with E-state index in [2.05, 4.69) is 25.6 Å². The topological polar surface area (TPSA) is 150 Å². The molecule has 3 heterocycles. The summed E-state index contributed by atoms with van der Waals surface area (Å²) in [5.41, 5.74) is -1.01. The van der Waals surface area contributed by atoms with Crippen molar-refractivity contribution >= 4 is 35.4 Å². The quantitative estimate of drug-likeness (QED) is 0.457. The van der Waals surface area contributed by atoms with Crippen molar-refractivity contribution in [1.29, 1.82) is 0 Å². The van der Waals surface area contributed by atoms with Crippen LogP contribution in [0.3, 0.4) is 0 Å². The summed E-state index contributed by atoms with van der Waals surface area (Å²) in [6.45, 7) is 6.37. The Balaban J connectivity index is 1.75. The molecule has 2 N–H and O–H groups in total. The third-order valence-corrected chi connectivity index (χ3v) is 4.83. The van der Waals surface area contributed by atoms with Gasteiger partial charge in [-0.3, -0.25) is 15.4 Å². The summed E-state index contributed by atoms with van der Waals surface area (Å²) < 4.78 is 38.4. The lowest BCUT2D eigenvalue weighted by Gasteiger charge is -2.19. The van der Waals surface area contributed by atoms with Crippen LogP contribution >= 0.6 is 11.6 Å². The average Bonchev–Trinajstić information content (AvgIpc) is 3.16. The summed E-state index contributed by atoms with van der Waals surface area (Å²) in [4.78, 5) is 44.4. The number of aryl methyl sites for hydroxylation is 1. The SMILES string of the molecule is C[C@@H](OC(=O)NC(=O)c1c(-c2ccc(NC(=O)OC(C)(C)C)c(Cl)n2)nnn1C)c1cc(F)cnc1F. The lowest BCUT2D eigenvalue weighted by atomic mass is 10.2. The van der Waals surface area contributed by atoms with Gasteiger partial charge in [0.1, 0.15) is 23.2 Å². The molecule has 0 spiro atoms. The van der Waals surface area contributed by atoms with E-state index in [0.29, 0.717) is 6.20 Å². The highest BCUT2D eigenvalue weighted by Crippen LogP contribution is 2.27. The molecule has 0 aliphatic carbocycles. The molecule has 3 aromatic heterocycles. The molecule has 3 amide bonds. The zero-order valence-corrected chi connectivity index (χ0v) is 21.1. The first-order valence-electron chi connectivity index (χ1n) is 10.6. The monoisotopic (exact) mass is 537 g/mol. The Morgan fingerprint density at radius 3 is 2.51 bits per heavy atom. The minimum Gasteiger partial charge on any atom is -0.444 e. The van der Waals surface area contributed by atoms with E-state index in [-0.39, 0.29) is 33.5 Å². The second-order valence-corrected chi connectivity index (χ2v) is 8.97. The summed E-state index contributed by atoms with van der Waals surface area (Å²) in [6.07, 6.45) is -2.57.